The van der Waals surface area contributed by atoms with E-state index in [1.54, 1.807) is 4.90 Å². The number of hydrogen-bond acceptors (Lipinski definition) is 2. The van der Waals surface area contributed by atoms with E-state index in [9.17, 15) is 14.7 Å². The van der Waals surface area contributed by atoms with E-state index in [0.29, 0.717) is 13.0 Å². The molecule has 0 saturated carbocycles. The lowest BCUT2D eigenvalue weighted by Gasteiger charge is -2.17. The molecule has 1 N–H and O–H groups in total. The lowest BCUT2D eigenvalue weighted by atomic mass is 9.89. The first-order valence-corrected chi connectivity index (χ1v) is 8.71. The van der Waals surface area contributed by atoms with Crippen LogP contribution in [0.15, 0.2) is 54.6 Å². The highest BCUT2D eigenvalue weighted by Gasteiger charge is 2.40. The molecule has 1 saturated heterocycles. The SMILES string of the molecule is CCc1cccc(CC(=O)N2C[C@H](C(=O)O)[C@H](c3ccccc3)C2)c1. The molecule has 0 aromatic heterocycles. The Morgan fingerprint density at radius 1 is 1.04 bits per heavy atom. The quantitative estimate of drug-likeness (QED) is 0.912. The Balaban J connectivity index is 1.74. The molecule has 4 heteroatoms. The van der Waals surface area contributed by atoms with Crippen molar-refractivity contribution in [2.24, 2.45) is 5.92 Å². The Labute approximate surface area is 148 Å². The van der Waals surface area contributed by atoms with Gasteiger partial charge in [0.1, 0.15) is 0 Å². The van der Waals surface area contributed by atoms with Crippen LogP contribution in [0.4, 0.5) is 0 Å². The fraction of sp³-hybridized carbons (Fsp3) is 0.333. The van der Waals surface area contributed by atoms with Crippen LogP contribution in [0.1, 0.15) is 29.5 Å². The van der Waals surface area contributed by atoms with Crippen molar-refractivity contribution in [3.63, 3.8) is 0 Å². The first-order valence-electron chi connectivity index (χ1n) is 8.71. The number of aryl methyl sites for hydroxylation is 1. The molecule has 130 valence electrons. The minimum Gasteiger partial charge on any atom is -0.481 e. The van der Waals surface area contributed by atoms with E-state index in [2.05, 4.69) is 19.1 Å². The van der Waals surface area contributed by atoms with Gasteiger partial charge in [0.2, 0.25) is 5.91 Å². The van der Waals surface area contributed by atoms with Gasteiger partial charge in [0, 0.05) is 19.0 Å². The van der Waals surface area contributed by atoms with E-state index in [1.165, 1.54) is 5.56 Å². The summed E-state index contributed by atoms with van der Waals surface area (Å²) in [5.74, 6) is -1.53. The third kappa shape index (κ3) is 3.90. The summed E-state index contributed by atoms with van der Waals surface area (Å²) in [4.78, 5) is 26.1. The molecule has 1 aliphatic heterocycles. The molecule has 1 aliphatic rings. The summed E-state index contributed by atoms with van der Waals surface area (Å²) in [6, 6.07) is 17.7. The van der Waals surface area contributed by atoms with Crippen molar-refractivity contribution in [1.82, 2.24) is 4.90 Å². The Hall–Kier alpha value is -2.62. The highest BCUT2D eigenvalue weighted by molar-refractivity contribution is 5.81. The number of aliphatic carboxylic acids is 1. The monoisotopic (exact) mass is 337 g/mol. The van der Waals surface area contributed by atoms with Gasteiger partial charge in [-0.15, -0.1) is 0 Å². The van der Waals surface area contributed by atoms with E-state index >= 15 is 0 Å². The molecule has 0 spiro atoms. The average molecular weight is 337 g/mol. The van der Waals surface area contributed by atoms with Gasteiger partial charge in [0.15, 0.2) is 0 Å². The van der Waals surface area contributed by atoms with E-state index in [-0.39, 0.29) is 18.4 Å². The van der Waals surface area contributed by atoms with Crippen molar-refractivity contribution in [2.75, 3.05) is 13.1 Å². The number of hydrogen-bond donors (Lipinski definition) is 1. The van der Waals surface area contributed by atoms with Gasteiger partial charge in [-0.25, -0.2) is 0 Å². The smallest absolute Gasteiger partial charge is 0.308 e. The van der Waals surface area contributed by atoms with Crippen LogP contribution in [0.3, 0.4) is 0 Å². The third-order valence-electron chi connectivity index (χ3n) is 4.97. The summed E-state index contributed by atoms with van der Waals surface area (Å²) < 4.78 is 0. The normalized spacial score (nSPS) is 19.8. The molecule has 1 amide bonds. The lowest BCUT2D eigenvalue weighted by molar-refractivity contribution is -0.141. The van der Waals surface area contributed by atoms with Crippen LogP contribution in [0.5, 0.6) is 0 Å². The van der Waals surface area contributed by atoms with Crippen LogP contribution in [0.25, 0.3) is 0 Å². The van der Waals surface area contributed by atoms with Gasteiger partial charge < -0.3 is 10.0 Å². The van der Waals surface area contributed by atoms with E-state index in [4.69, 9.17) is 0 Å². The van der Waals surface area contributed by atoms with Gasteiger partial charge >= 0.3 is 5.97 Å². The largest absolute Gasteiger partial charge is 0.481 e. The van der Waals surface area contributed by atoms with Crippen LogP contribution in [-0.2, 0) is 22.4 Å². The summed E-state index contributed by atoms with van der Waals surface area (Å²) in [6.07, 6.45) is 1.25. The maximum absolute atomic E-state index is 12.7. The number of carboxylic acids is 1. The molecule has 2 atom stereocenters. The maximum atomic E-state index is 12.7. The van der Waals surface area contributed by atoms with Gasteiger partial charge in [-0.05, 0) is 23.1 Å². The molecule has 0 bridgehead atoms. The number of carbonyl (C=O) groups excluding carboxylic acids is 1. The fourth-order valence-corrected chi connectivity index (χ4v) is 3.54. The van der Waals surface area contributed by atoms with Crippen molar-refractivity contribution in [3.05, 3.63) is 71.3 Å². The first kappa shape index (κ1) is 17.2. The number of amides is 1. The molecule has 2 aromatic carbocycles. The van der Waals surface area contributed by atoms with Crippen LogP contribution in [0.2, 0.25) is 0 Å². The van der Waals surface area contributed by atoms with Gasteiger partial charge in [-0.1, -0.05) is 61.5 Å². The second-order valence-corrected chi connectivity index (χ2v) is 6.61. The predicted octanol–water partition coefficient (Wildman–Crippen LogP) is 3.12. The number of carbonyl (C=O) groups is 2. The number of carboxylic acid groups (broad SMARTS) is 1. The standard InChI is InChI=1S/C21H23NO3/c1-2-15-7-6-8-16(11-15)12-20(23)22-13-18(19(14-22)21(24)25)17-9-4-3-5-10-17/h3-11,18-19H,2,12-14H2,1H3,(H,24,25)/t18-,19-/m0/s1. The number of benzene rings is 2. The fourth-order valence-electron chi connectivity index (χ4n) is 3.54. The molecule has 0 aliphatic carbocycles. The Morgan fingerprint density at radius 2 is 1.76 bits per heavy atom. The molecule has 4 nitrogen and oxygen atoms in total. The van der Waals surface area contributed by atoms with Crippen LogP contribution in [0, 0.1) is 5.92 Å². The zero-order chi connectivity index (χ0) is 17.8. The van der Waals surface area contributed by atoms with Crippen molar-refractivity contribution in [1.29, 1.82) is 0 Å². The van der Waals surface area contributed by atoms with E-state index in [0.717, 1.165) is 17.5 Å². The Morgan fingerprint density at radius 3 is 2.44 bits per heavy atom. The molecule has 1 fully saturated rings. The number of rotatable bonds is 5. The summed E-state index contributed by atoms with van der Waals surface area (Å²) in [6.45, 7) is 2.83. The van der Waals surface area contributed by atoms with Crippen molar-refractivity contribution in [3.8, 4) is 0 Å². The summed E-state index contributed by atoms with van der Waals surface area (Å²) >= 11 is 0. The number of likely N-dealkylation sites (tertiary alicyclic amines) is 1. The summed E-state index contributed by atoms with van der Waals surface area (Å²) in [5, 5.41) is 9.56. The lowest BCUT2D eigenvalue weighted by Crippen LogP contribution is -2.31. The highest BCUT2D eigenvalue weighted by Crippen LogP contribution is 2.33. The van der Waals surface area contributed by atoms with Crippen LogP contribution in [-0.4, -0.2) is 35.0 Å². The molecule has 2 aromatic rings. The van der Waals surface area contributed by atoms with Gasteiger partial charge in [0.05, 0.1) is 12.3 Å². The molecule has 3 rings (SSSR count). The van der Waals surface area contributed by atoms with Crippen molar-refractivity contribution < 1.29 is 14.7 Å². The topological polar surface area (TPSA) is 57.6 Å². The molecule has 25 heavy (non-hydrogen) atoms. The molecule has 1 heterocycles. The number of nitrogens with zero attached hydrogens (tertiary/aromatic N) is 1. The average Bonchev–Trinajstić information content (AvgIpc) is 3.08. The molecular formula is C21H23NO3. The molecular weight excluding hydrogens is 314 g/mol. The van der Waals surface area contributed by atoms with Crippen molar-refractivity contribution >= 4 is 11.9 Å². The second kappa shape index (κ2) is 7.51. The third-order valence-corrected chi connectivity index (χ3v) is 4.97. The minimum atomic E-state index is -0.836. The van der Waals surface area contributed by atoms with E-state index in [1.807, 2.05) is 42.5 Å². The highest BCUT2D eigenvalue weighted by atomic mass is 16.4. The van der Waals surface area contributed by atoms with Gasteiger partial charge in [-0.3, -0.25) is 9.59 Å². The van der Waals surface area contributed by atoms with Gasteiger partial charge in [0.25, 0.3) is 0 Å². The minimum absolute atomic E-state index is 0.00191. The zero-order valence-electron chi connectivity index (χ0n) is 14.4. The Bertz CT molecular complexity index is 757. The molecule has 0 radical (unpaired) electrons. The van der Waals surface area contributed by atoms with Gasteiger partial charge in [-0.2, -0.15) is 0 Å². The first-order chi connectivity index (χ1) is 12.1. The Kier molecular flexibility index (Phi) is 5.17. The second-order valence-electron chi connectivity index (χ2n) is 6.61. The van der Waals surface area contributed by atoms with Crippen molar-refractivity contribution in [2.45, 2.75) is 25.7 Å². The zero-order valence-corrected chi connectivity index (χ0v) is 14.4. The molecule has 0 unspecified atom stereocenters. The van der Waals surface area contributed by atoms with Crippen LogP contribution < -0.4 is 0 Å². The maximum Gasteiger partial charge on any atom is 0.308 e. The summed E-state index contributed by atoms with van der Waals surface area (Å²) in [5.41, 5.74) is 3.18. The predicted molar refractivity (Wildman–Crippen MR) is 96.4 cm³/mol. The summed E-state index contributed by atoms with van der Waals surface area (Å²) in [7, 11) is 0. The van der Waals surface area contributed by atoms with Crippen LogP contribution >= 0.6 is 0 Å². The van der Waals surface area contributed by atoms with E-state index < -0.39 is 11.9 Å².